The van der Waals surface area contributed by atoms with E-state index in [0.29, 0.717) is 5.02 Å². The van der Waals surface area contributed by atoms with Gasteiger partial charge < -0.3 is 10.1 Å². The smallest absolute Gasteiger partial charge is 0.119 e. The topological polar surface area (TPSA) is 37.4 Å². The standard InChI is InChI=1S/C24H30ClN3O/c1-3-13-28(18-6-4-5-7-18)14-12-26-24-20-10-8-17(25)15-23(20)27-22-11-9-19(29-2)16-21(22)24/h8-11,15-16,18H,3-7,12-14H2,1-2H3,(H,26,27). The normalized spacial score (nSPS) is 14.9. The van der Waals surface area contributed by atoms with Crippen LogP contribution in [0, 0.1) is 0 Å². The molecule has 29 heavy (non-hydrogen) atoms. The summed E-state index contributed by atoms with van der Waals surface area (Å²) < 4.78 is 5.47. The maximum absolute atomic E-state index is 6.24. The van der Waals surface area contributed by atoms with E-state index in [9.17, 15) is 0 Å². The van der Waals surface area contributed by atoms with Gasteiger partial charge in [0.25, 0.3) is 0 Å². The zero-order valence-electron chi connectivity index (χ0n) is 17.4. The van der Waals surface area contributed by atoms with Gasteiger partial charge in [-0.1, -0.05) is 31.4 Å². The molecule has 1 saturated carbocycles. The summed E-state index contributed by atoms with van der Waals surface area (Å²) in [5, 5.41) is 6.62. The van der Waals surface area contributed by atoms with Crippen LogP contribution in [0.25, 0.3) is 21.8 Å². The van der Waals surface area contributed by atoms with Crippen LogP contribution in [0.1, 0.15) is 39.0 Å². The molecule has 4 nitrogen and oxygen atoms in total. The van der Waals surface area contributed by atoms with Gasteiger partial charge in [-0.15, -0.1) is 0 Å². The fourth-order valence-electron chi connectivity index (χ4n) is 4.57. The quantitative estimate of drug-likeness (QED) is 0.453. The first-order chi connectivity index (χ1) is 14.2. The van der Waals surface area contributed by atoms with Crippen molar-refractivity contribution in [1.82, 2.24) is 9.88 Å². The molecule has 1 aliphatic carbocycles. The molecule has 4 rings (SSSR count). The Hall–Kier alpha value is -2.04. The van der Waals surface area contributed by atoms with Crippen LogP contribution >= 0.6 is 11.6 Å². The van der Waals surface area contributed by atoms with Crippen LogP contribution in [-0.2, 0) is 0 Å². The molecule has 1 fully saturated rings. The highest BCUT2D eigenvalue weighted by atomic mass is 35.5. The second-order valence-electron chi connectivity index (χ2n) is 7.93. The molecule has 0 spiro atoms. The lowest BCUT2D eigenvalue weighted by molar-refractivity contribution is 0.206. The van der Waals surface area contributed by atoms with Gasteiger partial charge in [0.05, 0.1) is 23.8 Å². The van der Waals surface area contributed by atoms with Crippen molar-refractivity contribution in [3.05, 3.63) is 41.4 Å². The van der Waals surface area contributed by atoms with Gasteiger partial charge >= 0.3 is 0 Å². The Morgan fingerprint density at radius 3 is 2.66 bits per heavy atom. The number of nitrogens with one attached hydrogen (secondary N) is 1. The number of fused-ring (bicyclic) bond motifs is 2. The average molecular weight is 412 g/mol. The Bertz CT molecular complexity index is 985. The number of methoxy groups -OCH3 is 1. The molecule has 1 aromatic heterocycles. The van der Waals surface area contributed by atoms with Crippen molar-refractivity contribution in [3.8, 4) is 5.75 Å². The van der Waals surface area contributed by atoms with Crippen molar-refractivity contribution in [2.24, 2.45) is 0 Å². The lowest BCUT2D eigenvalue weighted by Gasteiger charge is -2.28. The molecule has 1 aliphatic rings. The first kappa shape index (κ1) is 20.2. The molecule has 3 aromatic rings. The number of halogens is 1. The SMILES string of the molecule is CCCN(CCNc1c2ccc(Cl)cc2nc2ccc(OC)cc12)C1CCCC1. The van der Waals surface area contributed by atoms with E-state index >= 15 is 0 Å². The molecule has 0 aliphatic heterocycles. The van der Waals surface area contributed by atoms with E-state index in [1.54, 1.807) is 7.11 Å². The number of hydrogen-bond donors (Lipinski definition) is 1. The summed E-state index contributed by atoms with van der Waals surface area (Å²) in [5.74, 6) is 0.842. The van der Waals surface area contributed by atoms with E-state index in [1.807, 2.05) is 24.3 Å². The number of anilines is 1. The van der Waals surface area contributed by atoms with Gasteiger partial charge in [-0.3, -0.25) is 4.90 Å². The van der Waals surface area contributed by atoms with Gasteiger partial charge in [0.2, 0.25) is 0 Å². The summed E-state index contributed by atoms with van der Waals surface area (Å²) in [4.78, 5) is 7.49. The van der Waals surface area contributed by atoms with E-state index in [1.165, 1.54) is 38.6 Å². The van der Waals surface area contributed by atoms with Gasteiger partial charge in [0.1, 0.15) is 5.75 Å². The van der Waals surface area contributed by atoms with Crippen LogP contribution in [0.3, 0.4) is 0 Å². The number of ether oxygens (including phenoxy) is 1. The Balaban J connectivity index is 1.64. The third-order valence-electron chi connectivity index (χ3n) is 6.00. The molecule has 2 aromatic carbocycles. The van der Waals surface area contributed by atoms with E-state index in [2.05, 4.69) is 29.3 Å². The Morgan fingerprint density at radius 2 is 1.90 bits per heavy atom. The fraction of sp³-hybridized carbons (Fsp3) is 0.458. The van der Waals surface area contributed by atoms with Crippen molar-refractivity contribution >= 4 is 39.1 Å². The van der Waals surface area contributed by atoms with Crippen LogP contribution in [-0.4, -0.2) is 42.7 Å². The number of benzene rings is 2. The minimum atomic E-state index is 0.708. The van der Waals surface area contributed by atoms with Gasteiger partial charge in [-0.2, -0.15) is 0 Å². The van der Waals surface area contributed by atoms with Gasteiger partial charge in [0, 0.05) is 34.9 Å². The van der Waals surface area contributed by atoms with E-state index in [0.717, 1.165) is 52.4 Å². The molecule has 0 atom stereocenters. The number of pyridine rings is 1. The summed E-state index contributed by atoms with van der Waals surface area (Å²) in [5.41, 5.74) is 2.98. The van der Waals surface area contributed by atoms with Crippen LogP contribution in [0.5, 0.6) is 5.75 Å². The average Bonchev–Trinajstić information content (AvgIpc) is 3.26. The molecule has 1 heterocycles. The molecule has 0 radical (unpaired) electrons. The lowest BCUT2D eigenvalue weighted by Crippen LogP contribution is -2.37. The number of aromatic nitrogens is 1. The van der Waals surface area contributed by atoms with E-state index in [-0.39, 0.29) is 0 Å². The minimum Gasteiger partial charge on any atom is -0.497 e. The highest BCUT2D eigenvalue weighted by Gasteiger charge is 2.21. The largest absolute Gasteiger partial charge is 0.497 e. The molecule has 0 bridgehead atoms. The highest BCUT2D eigenvalue weighted by molar-refractivity contribution is 6.31. The van der Waals surface area contributed by atoms with Crippen molar-refractivity contribution in [2.45, 2.75) is 45.1 Å². The highest BCUT2D eigenvalue weighted by Crippen LogP contribution is 2.34. The van der Waals surface area contributed by atoms with Crippen molar-refractivity contribution in [3.63, 3.8) is 0 Å². The predicted molar refractivity (Wildman–Crippen MR) is 123 cm³/mol. The zero-order chi connectivity index (χ0) is 20.2. The van der Waals surface area contributed by atoms with E-state index in [4.69, 9.17) is 21.3 Å². The summed E-state index contributed by atoms with van der Waals surface area (Å²) in [6.07, 6.45) is 6.64. The third-order valence-corrected chi connectivity index (χ3v) is 6.23. The van der Waals surface area contributed by atoms with Gasteiger partial charge in [0.15, 0.2) is 0 Å². The first-order valence-electron chi connectivity index (χ1n) is 10.7. The summed E-state index contributed by atoms with van der Waals surface area (Å²) in [6.45, 7) is 5.41. The molecule has 0 unspecified atom stereocenters. The second-order valence-corrected chi connectivity index (χ2v) is 8.37. The molecular formula is C24H30ClN3O. The molecule has 5 heteroatoms. The van der Waals surface area contributed by atoms with Gasteiger partial charge in [-0.05, 0) is 62.2 Å². The molecule has 1 N–H and O–H groups in total. The monoisotopic (exact) mass is 411 g/mol. The predicted octanol–water partition coefficient (Wildman–Crippen LogP) is 6.12. The summed E-state index contributed by atoms with van der Waals surface area (Å²) in [6, 6.07) is 12.7. The van der Waals surface area contributed by atoms with Crippen molar-refractivity contribution in [2.75, 3.05) is 32.1 Å². The minimum absolute atomic E-state index is 0.708. The fourth-order valence-corrected chi connectivity index (χ4v) is 4.74. The van der Waals surface area contributed by atoms with Crippen molar-refractivity contribution < 1.29 is 4.74 Å². The van der Waals surface area contributed by atoms with Crippen LogP contribution in [0.2, 0.25) is 5.02 Å². The van der Waals surface area contributed by atoms with Crippen LogP contribution < -0.4 is 10.1 Å². The Labute approximate surface area is 178 Å². The third kappa shape index (κ3) is 4.44. The molecule has 154 valence electrons. The van der Waals surface area contributed by atoms with Crippen molar-refractivity contribution in [1.29, 1.82) is 0 Å². The van der Waals surface area contributed by atoms with Crippen LogP contribution in [0.4, 0.5) is 5.69 Å². The summed E-state index contributed by atoms with van der Waals surface area (Å²) in [7, 11) is 1.70. The van der Waals surface area contributed by atoms with E-state index < -0.39 is 0 Å². The zero-order valence-corrected chi connectivity index (χ0v) is 18.1. The molecule has 0 saturated heterocycles. The Kier molecular flexibility index (Phi) is 6.41. The Morgan fingerprint density at radius 1 is 1.07 bits per heavy atom. The number of nitrogens with zero attached hydrogens (tertiary/aromatic N) is 2. The number of hydrogen-bond acceptors (Lipinski definition) is 4. The maximum atomic E-state index is 6.24. The molecular weight excluding hydrogens is 382 g/mol. The number of rotatable bonds is 8. The maximum Gasteiger partial charge on any atom is 0.119 e. The first-order valence-corrected chi connectivity index (χ1v) is 11.1. The lowest BCUT2D eigenvalue weighted by atomic mass is 10.1. The van der Waals surface area contributed by atoms with Gasteiger partial charge in [-0.25, -0.2) is 4.98 Å². The summed E-state index contributed by atoms with van der Waals surface area (Å²) >= 11 is 6.24. The second kappa shape index (κ2) is 9.19. The molecule has 0 amide bonds. The van der Waals surface area contributed by atoms with Crippen LogP contribution in [0.15, 0.2) is 36.4 Å².